The topological polar surface area (TPSA) is 42.0 Å². The lowest BCUT2D eigenvalue weighted by atomic mass is 9.98. The first-order chi connectivity index (χ1) is 13.3. The van der Waals surface area contributed by atoms with Gasteiger partial charge in [0.05, 0.1) is 0 Å². The van der Waals surface area contributed by atoms with Crippen molar-refractivity contribution in [1.82, 2.24) is 9.80 Å². The average molecular weight is 364 g/mol. The minimum atomic E-state index is -0.541. The number of rotatable bonds is 2. The standard InChI is InChI=1S/C22H24N2O3/c25-22(21-15-26-19-7-3-4-8-20(19)27-21)24-12-10-18(14-24)23-11-9-16-5-1-2-6-17(16)13-23/h1-8,18,21H,9-15H2. The van der Waals surface area contributed by atoms with E-state index >= 15 is 0 Å². The zero-order chi connectivity index (χ0) is 18.2. The van der Waals surface area contributed by atoms with E-state index < -0.39 is 6.10 Å². The fourth-order valence-corrected chi connectivity index (χ4v) is 4.41. The highest BCUT2D eigenvalue weighted by Gasteiger charge is 2.37. The molecule has 1 fully saturated rings. The number of amides is 1. The van der Waals surface area contributed by atoms with Crippen molar-refractivity contribution < 1.29 is 14.3 Å². The van der Waals surface area contributed by atoms with Crippen molar-refractivity contribution >= 4 is 5.91 Å². The van der Waals surface area contributed by atoms with E-state index in [1.165, 1.54) is 11.1 Å². The van der Waals surface area contributed by atoms with Crippen molar-refractivity contribution in [3.63, 3.8) is 0 Å². The Balaban J connectivity index is 1.22. The summed E-state index contributed by atoms with van der Waals surface area (Å²) in [5.74, 6) is 1.42. The Kier molecular flexibility index (Phi) is 4.24. The first-order valence-electron chi connectivity index (χ1n) is 9.76. The molecular formula is C22H24N2O3. The molecule has 2 aromatic rings. The Bertz CT molecular complexity index is 853. The van der Waals surface area contributed by atoms with E-state index in [0.717, 1.165) is 39.0 Å². The van der Waals surface area contributed by atoms with E-state index in [0.29, 0.717) is 17.5 Å². The first kappa shape index (κ1) is 16.6. The molecule has 5 heteroatoms. The lowest BCUT2D eigenvalue weighted by Gasteiger charge is -2.34. The summed E-state index contributed by atoms with van der Waals surface area (Å²) in [6.45, 7) is 3.92. The minimum Gasteiger partial charge on any atom is -0.485 e. The molecule has 0 aromatic heterocycles. The van der Waals surface area contributed by atoms with Crippen molar-refractivity contribution in [3.8, 4) is 11.5 Å². The van der Waals surface area contributed by atoms with Gasteiger partial charge in [0.15, 0.2) is 11.5 Å². The summed E-state index contributed by atoms with van der Waals surface area (Å²) in [6, 6.07) is 16.7. The summed E-state index contributed by atoms with van der Waals surface area (Å²) in [7, 11) is 0. The highest BCUT2D eigenvalue weighted by molar-refractivity contribution is 5.82. The fraction of sp³-hybridized carbons (Fsp3) is 0.409. The summed E-state index contributed by atoms with van der Waals surface area (Å²) in [6.07, 6.45) is 1.58. The lowest BCUT2D eigenvalue weighted by molar-refractivity contribution is -0.140. The molecule has 140 valence electrons. The van der Waals surface area contributed by atoms with Crippen molar-refractivity contribution in [1.29, 1.82) is 0 Å². The SMILES string of the molecule is O=C(C1COc2ccccc2O1)N1CCC(N2CCc3ccccc3C2)C1. The number of ether oxygens (including phenoxy) is 2. The molecule has 27 heavy (non-hydrogen) atoms. The van der Waals surface area contributed by atoms with Gasteiger partial charge in [0, 0.05) is 32.2 Å². The monoisotopic (exact) mass is 364 g/mol. The third-order valence-corrected chi connectivity index (χ3v) is 5.94. The molecule has 1 amide bonds. The molecular weight excluding hydrogens is 340 g/mol. The molecule has 0 aliphatic carbocycles. The molecule has 0 spiro atoms. The second-order valence-corrected chi connectivity index (χ2v) is 7.58. The van der Waals surface area contributed by atoms with Crippen LogP contribution in [0.15, 0.2) is 48.5 Å². The van der Waals surface area contributed by atoms with Crippen molar-refractivity contribution in [2.24, 2.45) is 0 Å². The van der Waals surface area contributed by atoms with E-state index in [-0.39, 0.29) is 12.5 Å². The van der Waals surface area contributed by atoms with Crippen molar-refractivity contribution in [2.75, 3.05) is 26.2 Å². The molecule has 1 saturated heterocycles. The van der Waals surface area contributed by atoms with Crippen LogP contribution in [0.25, 0.3) is 0 Å². The molecule has 0 bridgehead atoms. The van der Waals surface area contributed by atoms with Gasteiger partial charge in [0.1, 0.15) is 6.61 Å². The quantitative estimate of drug-likeness (QED) is 0.821. The fourth-order valence-electron chi connectivity index (χ4n) is 4.41. The number of likely N-dealkylation sites (tertiary alicyclic amines) is 1. The van der Waals surface area contributed by atoms with E-state index in [9.17, 15) is 4.79 Å². The molecule has 5 rings (SSSR count). The Hall–Kier alpha value is -2.53. The Morgan fingerprint density at radius 3 is 2.63 bits per heavy atom. The van der Waals surface area contributed by atoms with Gasteiger partial charge in [-0.2, -0.15) is 0 Å². The van der Waals surface area contributed by atoms with Crippen LogP contribution in [-0.4, -0.2) is 54.1 Å². The van der Waals surface area contributed by atoms with Crippen LogP contribution in [0, 0.1) is 0 Å². The van der Waals surface area contributed by atoms with Crippen LogP contribution in [0.1, 0.15) is 17.5 Å². The molecule has 2 atom stereocenters. The van der Waals surface area contributed by atoms with Gasteiger partial charge >= 0.3 is 0 Å². The predicted molar refractivity (Wildman–Crippen MR) is 102 cm³/mol. The summed E-state index contributed by atoms with van der Waals surface area (Å²) in [5, 5.41) is 0. The average Bonchev–Trinajstić information content (AvgIpc) is 3.23. The van der Waals surface area contributed by atoms with Crippen LogP contribution in [0.5, 0.6) is 11.5 Å². The van der Waals surface area contributed by atoms with Gasteiger partial charge in [-0.1, -0.05) is 36.4 Å². The highest BCUT2D eigenvalue weighted by atomic mass is 16.6. The molecule has 0 N–H and O–H groups in total. The van der Waals surface area contributed by atoms with Gasteiger partial charge in [0.2, 0.25) is 6.10 Å². The minimum absolute atomic E-state index is 0.0458. The second-order valence-electron chi connectivity index (χ2n) is 7.58. The number of hydrogen-bond donors (Lipinski definition) is 0. The number of para-hydroxylation sites is 2. The highest BCUT2D eigenvalue weighted by Crippen LogP contribution is 2.32. The Morgan fingerprint density at radius 1 is 0.963 bits per heavy atom. The molecule has 0 saturated carbocycles. The van der Waals surface area contributed by atoms with Gasteiger partial charge in [-0.05, 0) is 36.1 Å². The predicted octanol–water partition coefficient (Wildman–Crippen LogP) is 2.49. The van der Waals surface area contributed by atoms with Crippen molar-refractivity contribution in [3.05, 3.63) is 59.7 Å². The van der Waals surface area contributed by atoms with Crippen molar-refractivity contribution in [2.45, 2.75) is 31.5 Å². The van der Waals surface area contributed by atoms with Crippen LogP contribution in [-0.2, 0) is 17.8 Å². The number of benzene rings is 2. The van der Waals surface area contributed by atoms with E-state index in [1.54, 1.807) is 0 Å². The molecule has 2 unspecified atom stereocenters. The molecule has 0 radical (unpaired) electrons. The number of hydrogen-bond acceptors (Lipinski definition) is 4. The second kappa shape index (κ2) is 6.89. The largest absolute Gasteiger partial charge is 0.485 e. The van der Waals surface area contributed by atoms with Gasteiger partial charge < -0.3 is 14.4 Å². The first-order valence-corrected chi connectivity index (χ1v) is 9.76. The summed E-state index contributed by atoms with van der Waals surface area (Å²) in [5.41, 5.74) is 2.89. The summed E-state index contributed by atoms with van der Waals surface area (Å²) >= 11 is 0. The van der Waals surface area contributed by atoms with Crippen LogP contribution in [0.2, 0.25) is 0 Å². The van der Waals surface area contributed by atoms with E-state index in [1.807, 2.05) is 29.2 Å². The molecule has 3 aliphatic heterocycles. The lowest BCUT2D eigenvalue weighted by Crippen LogP contribution is -2.47. The molecule has 2 aromatic carbocycles. The maximum atomic E-state index is 12.9. The van der Waals surface area contributed by atoms with Crippen LogP contribution >= 0.6 is 0 Å². The normalized spacial score (nSPS) is 24.5. The summed E-state index contributed by atoms with van der Waals surface area (Å²) in [4.78, 5) is 17.4. The number of carbonyl (C=O) groups is 1. The maximum Gasteiger partial charge on any atom is 0.267 e. The zero-order valence-corrected chi connectivity index (χ0v) is 15.3. The Labute approximate surface area is 159 Å². The number of fused-ring (bicyclic) bond motifs is 2. The number of carbonyl (C=O) groups excluding carboxylic acids is 1. The number of nitrogens with zero attached hydrogens (tertiary/aromatic N) is 2. The van der Waals surface area contributed by atoms with E-state index in [2.05, 4.69) is 29.2 Å². The Morgan fingerprint density at radius 2 is 1.74 bits per heavy atom. The van der Waals surface area contributed by atoms with Gasteiger partial charge in [-0.3, -0.25) is 9.69 Å². The van der Waals surface area contributed by atoms with Crippen LogP contribution in [0.4, 0.5) is 0 Å². The molecule has 3 aliphatic rings. The molecule has 5 nitrogen and oxygen atoms in total. The van der Waals surface area contributed by atoms with Crippen LogP contribution < -0.4 is 9.47 Å². The third kappa shape index (κ3) is 3.16. The van der Waals surface area contributed by atoms with Crippen LogP contribution in [0.3, 0.4) is 0 Å². The van der Waals surface area contributed by atoms with Gasteiger partial charge in [-0.15, -0.1) is 0 Å². The van der Waals surface area contributed by atoms with E-state index in [4.69, 9.17) is 9.47 Å². The zero-order valence-electron chi connectivity index (χ0n) is 15.3. The van der Waals surface area contributed by atoms with Gasteiger partial charge in [-0.25, -0.2) is 0 Å². The maximum absolute atomic E-state index is 12.9. The molecule has 3 heterocycles. The summed E-state index contributed by atoms with van der Waals surface area (Å²) < 4.78 is 11.6. The third-order valence-electron chi connectivity index (χ3n) is 5.94. The van der Waals surface area contributed by atoms with Gasteiger partial charge in [0.25, 0.3) is 5.91 Å². The smallest absolute Gasteiger partial charge is 0.267 e.